The average molecular weight is 276 g/mol. The molecule has 1 heterocycles. The quantitative estimate of drug-likeness (QED) is 0.682. The summed E-state index contributed by atoms with van der Waals surface area (Å²) in [6.07, 6.45) is 5.40. The Hall–Kier alpha value is -0.580. The van der Waals surface area contributed by atoms with E-state index in [0.717, 1.165) is 25.6 Å². The van der Waals surface area contributed by atoms with E-state index >= 15 is 0 Å². The van der Waals surface area contributed by atoms with Crippen molar-refractivity contribution in [2.75, 3.05) is 39.8 Å². The van der Waals surface area contributed by atoms with E-state index < -0.39 is 0 Å². The highest BCUT2D eigenvalue weighted by Crippen LogP contribution is 2.19. The van der Waals surface area contributed by atoms with Gasteiger partial charge in [0.25, 0.3) is 0 Å². The molecule has 1 amide bonds. The Bertz CT molecular complexity index is 240. The minimum atomic E-state index is 0. The van der Waals surface area contributed by atoms with E-state index in [4.69, 9.17) is 0 Å². The lowest BCUT2D eigenvalue weighted by Crippen LogP contribution is -2.41. The maximum atomic E-state index is 11.5. The fraction of sp³-hybridized carbons (Fsp3) is 0.769. The van der Waals surface area contributed by atoms with Gasteiger partial charge >= 0.3 is 0 Å². The summed E-state index contributed by atoms with van der Waals surface area (Å²) < 4.78 is 0. The van der Waals surface area contributed by atoms with Gasteiger partial charge in [-0.3, -0.25) is 9.69 Å². The van der Waals surface area contributed by atoms with Crippen molar-refractivity contribution in [2.45, 2.75) is 19.3 Å². The molecule has 0 aromatic carbocycles. The lowest BCUT2D eigenvalue weighted by molar-refractivity contribution is -0.122. The molecule has 106 valence electrons. The molecule has 1 rings (SSSR count). The highest BCUT2D eigenvalue weighted by Gasteiger charge is 2.19. The maximum absolute atomic E-state index is 11.5. The van der Waals surface area contributed by atoms with Gasteiger partial charge in [0, 0.05) is 6.54 Å². The standard InChI is InChI=1S/C13H25N3O.ClH/c1-3-7-15-13(17)11-16-9-5-12(6-10-16)4-8-14-2;/h3,12,14H,1,4-11H2,2H3,(H,15,17);1H. The van der Waals surface area contributed by atoms with Gasteiger partial charge in [0.2, 0.25) is 5.91 Å². The van der Waals surface area contributed by atoms with E-state index in [1.54, 1.807) is 6.08 Å². The second-order valence-electron chi connectivity index (χ2n) is 4.70. The number of nitrogens with zero attached hydrogens (tertiary/aromatic N) is 1. The zero-order valence-corrected chi connectivity index (χ0v) is 12.1. The van der Waals surface area contributed by atoms with Crippen LogP contribution in [0.15, 0.2) is 12.7 Å². The third-order valence-corrected chi connectivity index (χ3v) is 3.32. The van der Waals surface area contributed by atoms with Crippen LogP contribution in [-0.2, 0) is 4.79 Å². The number of halogens is 1. The summed E-state index contributed by atoms with van der Waals surface area (Å²) in [5, 5.41) is 6.01. The average Bonchev–Trinajstić information content (AvgIpc) is 2.35. The van der Waals surface area contributed by atoms with E-state index in [2.05, 4.69) is 22.1 Å². The number of hydrogen-bond acceptors (Lipinski definition) is 3. The Labute approximate surface area is 117 Å². The summed E-state index contributed by atoms with van der Waals surface area (Å²) in [5.41, 5.74) is 0. The first-order chi connectivity index (χ1) is 8.26. The van der Waals surface area contributed by atoms with Crippen LogP contribution in [0.2, 0.25) is 0 Å². The molecule has 0 spiro atoms. The van der Waals surface area contributed by atoms with Crippen LogP contribution in [0.5, 0.6) is 0 Å². The normalized spacial score (nSPS) is 16.9. The summed E-state index contributed by atoms with van der Waals surface area (Å²) in [5.74, 6) is 0.938. The Kier molecular flexibility index (Phi) is 10.0. The van der Waals surface area contributed by atoms with E-state index in [9.17, 15) is 4.79 Å². The lowest BCUT2D eigenvalue weighted by atomic mass is 9.93. The molecule has 0 radical (unpaired) electrons. The number of rotatable bonds is 7. The van der Waals surface area contributed by atoms with Crippen LogP contribution in [0, 0.1) is 5.92 Å². The summed E-state index contributed by atoms with van der Waals surface area (Å²) in [6.45, 7) is 7.89. The Morgan fingerprint density at radius 2 is 2.11 bits per heavy atom. The monoisotopic (exact) mass is 275 g/mol. The number of hydrogen-bond donors (Lipinski definition) is 2. The summed E-state index contributed by atoms with van der Waals surface area (Å²) in [4.78, 5) is 13.8. The van der Waals surface area contributed by atoms with Crippen LogP contribution in [-0.4, -0.2) is 50.6 Å². The molecule has 1 fully saturated rings. The Balaban J connectivity index is 0.00000289. The van der Waals surface area contributed by atoms with Gasteiger partial charge in [0.15, 0.2) is 0 Å². The number of carbonyl (C=O) groups excluding carboxylic acids is 1. The number of nitrogens with one attached hydrogen (secondary N) is 2. The first-order valence-electron chi connectivity index (χ1n) is 6.50. The number of carbonyl (C=O) groups is 1. The molecule has 2 N–H and O–H groups in total. The van der Waals surface area contributed by atoms with E-state index in [1.165, 1.54) is 19.3 Å². The molecule has 5 heteroatoms. The van der Waals surface area contributed by atoms with Crippen LogP contribution in [0.1, 0.15) is 19.3 Å². The summed E-state index contributed by atoms with van der Waals surface area (Å²) >= 11 is 0. The molecule has 1 saturated heterocycles. The second-order valence-corrected chi connectivity index (χ2v) is 4.70. The van der Waals surface area contributed by atoms with Crippen molar-refractivity contribution in [1.29, 1.82) is 0 Å². The van der Waals surface area contributed by atoms with Gasteiger partial charge < -0.3 is 10.6 Å². The van der Waals surface area contributed by atoms with Gasteiger partial charge in [-0.1, -0.05) is 6.08 Å². The van der Waals surface area contributed by atoms with Gasteiger partial charge in [-0.05, 0) is 51.9 Å². The SMILES string of the molecule is C=CCNC(=O)CN1CCC(CCNC)CC1.Cl. The van der Waals surface area contributed by atoms with Crippen molar-refractivity contribution >= 4 is 18.3 Å². The molecule has 0 aromatic heterocycles. The molecule has 0 bridgehead atoms. The van der Waals surface area contributed by atoms with Crippen molar-refractivity contribution in [3.05, 3.63) is 12.7 Å². The van der Waals surface area contributed by atoms with Crippen LogP contribution >= 0.6 is 12.4 Å². The molecule has 0 saturated carbocycles. The van der Waals surface area contributed by atoms with Gasteiger partial charge in [0.05, 0.1) is 6.54 Å². The van der Waals surface area contributed by atoms with Gasteiger partial charge in [-0.25, -0.2) is 0 Å². The zero-order chi connectivity index (χ0) is 12.5. The predicted octanol–water partition coefficient (Wildman–Crippen LogP) is 1.03. The Morgan fingerprint density at radius 1 is 1.44 bits per heavy atom. The minimum Gasteiger partial charge on any atom is -0.352 e. The smallest absolute Gasteiger partial charge is 0.234 e. The number of likely N-dealkylation sites (tertiary alicyclic amines) is 1. The first-order valence-corrected chi connectivity index (χ1v) is 6.50. The molecule has 0 unspecified atom stereocenters. The van der Waals surface area contributed by atoms with Crippen molar-refractivity contribution < 1.29 is 4.79 Å². The molecule has 0 atom stereocenters. The summed E-state index contributed by atoms with van der Waals surface area (Å²) in [7, 11) is 2.00. The van der Waals surface area contributed by atoms with Crippen LogP contribution in [0.25, 0.3) is 0 Å². The van der Waals surface area contributed by atoms with Gasteiger partial charge in [-0.2, -0.15) is 0 Å². The fourth-order valence-electron chi connectivity index (χ4n) is 2.23. The van der Waals surface area contributed by atoms with Crippen molar-refractivity contribution in [3.8, 4) is 0 Å². The zero-order valence-electron chi connectivity index (χ0n) is 11.3. The van der Waals surface area contributed by atoms with Crippen LogP contribution < -0.4 is 10.6 Å². The highest BCUT2D eigenvalue weighted by molar-refractivity contribution is 5.85. The largest absolute Gasteiger partial charge is 0.352 e. The fourth-order valence-corrected chi connectivity index (χ4v) is 2.23. The lowest BCUT2D eigenvalue weighted by Gasteiger charge is -2.31. The molecule has 0 aromatic rings. The molecule has 1 aliphatic rings. The van der Waals surface area contributed by atoms with E-state index in [0.29, 0.717) is 13.1 Å². The first kappa shape index (κ1) is 17.4. The van der Waals surface area contributed by atoms with Crippen molar-refractivity contribution in [1.82, 2.24) is 15.5 Å². The van der Waals surface area contributed by atoms with Crippen LogP contribution in [0.4, 0.5) is 0 Å². The van der Waals surface area contributed by atoms with E-state index in [-0.39, 0.29) is 18.3 Å². The Morgan fingerprint density at radius 3 is 2.67 bits per heavy atom. The number of amides is 1. The second kappa shape index (κ2) is 10.4. The molecular weight excluding hydrogens is 250 g/mol. The minimum absolute atomic E-state index is 0. The third kappa shape index (κ3) is 6.99. The third-order valence-electron chi connectivity index (χ3n) is 3.32. The molecule has 1 aliphatic heterocycles. The van der Waals surface area contributed by atoms with Crippen molar-refractivity contribution in [3.63, 3.8) is 0 Å². The maximum Gasteiger partial charge on any atom is 0.234 e. The molecule has 18 heavy (non-hydrogen) atoms. The molecule has 4 nitrogen and oxygen atoms in total. The van der Waals surface area contributed by atoms with Gasteiger partial charge in [0.1, 0.15) is 0 Å². The van der Waals surface area contributed by atoms with Gasteiger partial charge in [-0.15, -0.1) is 19.0 Å². The van der Waals surface area contributed by atoms with Crippen LogP contribution in [0.3, 0.4) is 0 Å². The predicted molar refractivity (Wildman–Crippen MR) is 78.2 cm³/mol. The van der Waals surface area contributed by atoms with E-state index in [1.807, 2.05) is 7.05 Å². The molecule has 0 aliphatic carbocycles. The topological polar surface area (TPSA) is 44.4 Å². The summed E-state index contributed by atoms with van der Waals surface area (Å²) in [6, 6.07) is 0. The molecular formula is C13H26ClN3O. The number of piperidine rings is 1. The highest BCUT2D eigenvalue weighted by atomic mass is 35.5. The van der Waals surface area contributed by atoms with Crippen molar-refractivity contribution in [2.24, 2.45) is 5.92 Å².